The lowest BCUT2D eigenvalue weighted by molar-refractivity contribution is -0.237. The van der Waals surface area contributed by atoms with E-state index in [-0.39, 0.29) is 13.0 Å². The van der Waals surface area contributed by atoms with Gasteiger partial charge in [0.05, 0.1) is 6.07 Å². The van der Waals surface area contributed by atoms with Crippen LogP contribution in [0.4, 0.5) is 0 Å². The van der Waals surface area contributed by atoms with Gasteiger partial charge in [0.2, 0.25) is 0 Å². The molecule has 10 nitrogen and oxygen atoms in total. The number of rotatable bonds is 8. The van der Waals surface area contributed by atoms with E-state index in [4.69, 9.17) is 28.9 Å². The number of esters is 4. The highest BCUT2D eigenvalue weighted by Crippen LogP contribution is 2.34. The van der Waals surface area contributed by atoms with E-state index in [1.807, 2.05) is 6.07 Å². The summed E-state index contributed by atoms with van der Waals surface area (Å²) in [5.41, 5.74) is -0.839. The molecule has 0 bridgehead atoms. The number of thioether (sulfide) groups is 1. The third-order valence-corrected chi connectivity index (χ3v) is 4.59. The molecule has 0 aromatic rings. The molecule has 11 heteroatoms. The van der Waals surface area contributed by atoms with Crippen molar-refractivity contribution in [2.45, 2.75) is 64.0 Å². The number of nitriles is 1. The number of carbonyl (C=O) groups excluding carboxylic acids is 4. The Morgan fingerprint density at radius 2 is 1.43 bits per heavy atom. The molecule has 0 aromatic carbocycles. The molecule has 1 aliphatic rings. The normalized spacial score (nSPS) is 26.5. The van der Waals surface area contributed by atoms with E-state index < -0.39 is 53.7 Å². The van der Waals surface area contributed by atoms with Crippen molar-refractivity contribution in [2.24, 2.45) is 0 Å². The van der Waals surface area contributed by atoms with Crippen LogP contribution in [0.1, 0.15) is 34.1 Å². The number of carbonyl (C=O) groups is 4. The summed E-state index contributed by atoms with van der Waals surface area (Å²) in [5.74, 6) is -2.25. The second kappa shape index (κ2) is 11.5. The topological polar surface area (TPSA) is 138 Å². The molecular formula is C17H23NO9S. The number of hydrogen-bond acceptors (Lipinski definition) is 11. The van der Waals surface area contributed by atoms with Crippen molar-refractivity contribution in [3.05, 3.63) is 0 Å². The largest absolute Gasteiger partial charge is 0.463 e. The first-order chi connectivity index (χ1) is 13.1. The summed E-state index contributed by atoms with van der Waals surface area (Å²) in [5, 5.41) is 8.74. The Morgan fingerprint density at radius 3 is 1.93 bits per heavy atom. The smallest absolute Gasteiger partial charge is 0.303 e. The molecule has 0 radical (unpaired) electrons. The lowest BCUT2D eigenvalue weighted by atomic mass is 9.99. The second-order valence-electron chi connectivity index (χ2n) is 5.85. The fourth-order valence-corrected chi connectivity index (χ4v) is 3.61. The van der Waals surface area contributed by atoms with Crippen LogP contribution in [0, 0.1) is 11.3 Å². The molecule has 5 atom stereocenters. The molecule has 0 aliphatic carbocycles. The molecule has 1 heterocycles. The average Bonchev–Trinajstić information content (AvgIpc) is 2.57. The van der Waals surface area contributed by atoms with Crippen LogP contribution in [0.2, 0.25) is 0 Å². The minimum Gasteiger partial charge on any atom is -0.463 e. The van der Waals surface area contributed by atoms with Crippen molar-refractivity contribution < 1.29 is 42.9 Å². The molecule has 0 unspecified atom stereocenters. The molecule has 0 aromatic heterocycles. The minimum absolute atomic E-state index is 0.206. The van der Waals surface area contributed by atoms with Crippen LogP contribution >= 0.6 is 11.8 Å². The summed E-state index contributed by atoms with van der Waals surface area (Å²) in [6.45, 7) is 4.42. The van der Waals surface area contributed by atoms with E-state index in [2.05, 4.69) is 0 Å². The summed E-state index contributed by atoms with van der Waals surface area (Å²) >= 11 is 1.17. The first kappa shape index (κ1) is 23.7. The zero-order valence-corrected chi connectivity index (χ0v) is 16.9. The molecule has 1 rings (SSSR count). The van der Waals surface area contributed by atoms with Crippen LogP contribution in [0.5, 0.6) is 0 Å². The van der Waals surface area contributed by atoms with Crippen molar-refractivity contribution in [1.29, 1.82) is 5.26 Å². The highest BCUT2D eigenvalue weighted by Gasteiger charge is 2.52. The van der Waals surface area contributed by atoms with Crippen LogP contribution in [-0.2, 0) is 42.9 Å². The fraction of sp³-hybridized carbons (Fsp3) is 0.706. The minimum atomic E-state index is -1.18. The van der Waals surface area contributed by atoms with Crippen LogP contribution in [0.25, 0.3) is 0 Å². The fourth-order valence-electron chi connectivity index (χ4n) is 2.54. The SMILES string of the molecule is CC(=O)OC[C@H]1O[C@@H](SCCC#N)[C@@H](OC(C)=O)[C@@H](OC(C)=O)[C@@H]1OC(C)=O. The Labute approximate surface area is 166 Å². The number of hydrogen-bond donors (Lipinski definition) is 0. The lowest BCUT2D eigenvalue weighted by Gasteiger charge is -2.44. The Kier molecular flexibility index (Phi) is 9.75. The highest BCUT2D eigenvalue weighted by molar-refractivity contribution is 7.99. The third kappa shape index (κ3) is 7.74. The summed E-state index contributed by atoms with van der Waals surface area (Å²) in [7, 11) is 0. The molecule has 0 amide bonds. The maximum atomic E-state index is 11.6. The van der Waals surface area contributed by atoms with Gasteiger partial charge in [0.1, 0.15) is 18.1 Å². The van der Waals surface area contributed by atoms with Gasteiger partial charge in [-0.3, -0.25) is 19.2 Å². The maximum absolute atomic E-state index is 11.6. The Morgan fingerprint density at radius 1 is 0.893 bits per heavy atom. The van der Waals surface area contributed by atoms with Crippen molar-refractivity contribution in [2.75, 3.05) is 12.4 Å². The summed E-state index contributed by atoms with van der Waals surface area (Å²) < 4.78 is 26.7. The van der Waals surface area contributed by atoms with Gasteiger partial charge in [-0.15, -0.1) is 11.8 Å². The molecule has 1 saturated heterocycles. The van der Waals surface area contributed by atoms with Gasteiger partial charge in [-0.25, -0.2) is 0 Å². The predicted octanol–water partition coefficient (Wildman–Crippen LogP) is 0.716. The Bertz CT molecular complexity index is 633. The van der Waals surface area contributed by atoms with Crippen molar-refractivity contribution >= 4 is 35.6 Å². The van der Waals surface area contributed by atoms with E-state index in [1.54, 1.807) is 0 Å². The molecular weight excluding hydrogens is 394 g/mol. The molecule has 0 spiro atoms. The van der Waals surface area contributed by atoms with E-state index in [0.29, 0.717) is 5.75 Å². The van der Waals surface area contributed by atoms with Crippen LogP contribution in [-0.4, -0.2) is 66.1 Å². The van der Waals surface area contributed by atoms with E-state index >= 15 is 0 Å². The lowest BCUT2D eigenvalue weighted by Crippen LogP contribution is -2.61. The zero-order chi connectivity index (χ0) is 21.3. The van der Waals surface area contributed by atoms with Crippen molar-refractivity contribution in [3.8, 4) is 6.07 Å². The van der Waals surface area contributed by atoms with Gasteiger partial charge < -0.3 is 23.7 Å². The van der Waals surface area contributed by atoms with Gasteiger partial charge in [0.25, 0.3) is 0 Å². The summed E-state index contributed by atoms with van der Waals surface area (Å²) in [4.78, 5) is 46.0. The highest BCUT2D eigenvalue weighted by atomic mass is 32.2. The molecule has 156 valence electrons. The van der Waals surface area contributed by atoms with Crippen LogP contribution in [0.3, 0.4) is 0 Å². The van der Waals surface area contributed by atoms with Crippen LogP contribution < -0.4 is 0 Å². The van der Waals surface area contributed by atoms with Crippen molar-refractivity contribution in [1.82, 2.24) is 0 Å². The zero-order valence-electron chi connectivity index (χ0n) is 16.0. The van der Waals surface area contributed by atoms with Gasteiger partial charge in [-0.05, 0) is 0 Å². The first-order valence-corrected chi connectivity index (χ1v) is 9.49. The summed E-state index contributed by atoms with van der Waals surface area (Å²) in [6.07, 6.45) is -4.21. The van der Waals surface area contributed by atoms with E-state index in [0.717, 1.165) is 13.8 Å². The standard InChI is InChI=1S/C17H23NO9S/c1-9(19)23-8-13-14(24-10(2)20)15(25-11(3)21)16(26-12(4)22)17(27-13)28-7-5-6-18/h13-17H,5,7-8H2,1-4H3/t13-,14-,15+,16+,17+/m1/s1. The monoisotopic (exact) mass is 417 g/mol. The molecule has 0 N–H and O–H groups in total. The molecule has 0 saturated carbocycles. The van der Waals surface area contributed by atoms with Gasteiger partial charge in [-0.2, -0.15) is 5.26 Å². The van der Waals surface area contributed by atoms with Gasteiger partial charge in [-0.1, -0.05) is 0 Å². The average molecular weight is 417 g/mol. The Hall–Kier alpha value is -2.32. The van der Waals surface area contributed by atoms with Crippen LogP contribution in [0.15, 0.2) is 0 Å². The first-order valence-electron chi connectivity index (χ1n) is 8.44. The second-order valence-corrected chi connectivity index (χ2v) is 7.05. The van der Waals surface area contributed by atoms with Gasteiger partial charge >= 0.3 is 23.9 Å². The van der Waals surface area contributed by atoms with Gasteiger partial charge in [0.15, 0.2) is 18.3 Å². The van der Waals surface area contributed by atoms with E-state index in [1.165, 1.54) is 25.6 Å². The molecule has 1 fully saturated rings. The van der Waals surface area contributed by atoms with Gasteiger partial charge in [0, 0.05) is 39.9 Å². The van der Waals surface area contributed by atoms with Crippen molar-refractivity contribution in [3.63, 3.8) is 0 Å². The Balaban J connectivity index is 3.23. The molecule has 28 heavy (non-hydrogen) atoms. The molecule has 1 aliphatic heterocycles. The summed E-state index contributed by atoms with van der Waals surface area (Å²) in [6, 6.07) is 1.98. The number of ether oxygens (including phenoxy) is 5. The third-order valence-electron chi connectivity index (χ3n) is 3.44. The van der Waals surface area contributed by atoms with E-state index in [9.17, 15) is 19.2 Å². The maximum Gasteiger partial charge on any atom is 0.303 e. The number of nitrogens with zero attached hydrogens (tertiary/aromatic N) is 1. The predicted molar refractivity (Wildman–Crippen MR) is 94.6 cm³/mol. The quantitative estimate of drug-likeness (QED) is 0.313.